The fraction of sp³-hybridized carbons (Fsp3) is 0.458. The molecule has 3 atom stereocenters. The van der Waals surface area contributed by atoms with Crippen molar-refractivity contribution in [1.29, 1.82) is 0 Å². The van der Waals surface area contributed by atoms with E-state index in [0.717, 1.165) is 42.9 Å². The molecule has 4 N–H and O–H groups in total. The molecule has 7 nitrogen and oxygen atoms in total. The van der Waals surface area contributed by atoms with Crippen LogP contribution in [-0.2, 0) is 12.8 Å². The molecule has 32 heavy (non-hydrogen) atoms. The van der Waals surface area contributed by atoms with Gasteiger partial charge >= 0.3 is 0 Å². The normalized spacial score (nSPS) is 24.5. The molecule has 166 valence electrons. The Kier molecular flexibility index (Phi) is 4.80. The average molecular weight is 449 g/mol. The van der Waals surface area contributed by atoms with Gasteiger partial charge in [0.15, 0.2) is 0 Å². The Labute approximate surface area is 191 Å². The van der Waals surface area contributed by atoms with E-state index in [1.54, 1.807) is 6.20 Å². The summed E-state index contributed by atoms with van der Waals surface area (Å²) in [6, 6.07) is 8.29. The summed E-state index contributed by atoms with van der Waals surface area (Å²) in [5.74, 6) is -0.119. The molecule has 1 amide bonds. The molecule has 2 saturated heterocycles. The van der Waals surface area contributed by atoms with Crippen LogP contribution in [0.5, 0.6) is 0 Å². The van der Waals surface area contributed by atoms with Gasteiger partial charge in [0.05, 0.1) is 11.4 Å². The number of nitrogens with two attached hydrogens (primary N) is 1. The summed E-state index contributed by atoms with van der Waals surface area (Å²) in [5.41, 5.74) is 12.2. The Hall–Kier alpha value is -2.71. The predicted octanol–water partition coefficient (Wildman–Crippen LogP) is 2.81. The third kappa shape index (κ3) is 3.51. The highest BCUT2D eigenvalue weighted by molar-refractivity contribution is 7.21. The van der Waals surface area contributed by atoms with Crippen LogP contribution in [0.3, 0.4) is 0 Å². The molecule has 8 heteroatoms. The molecule has 0 saturated carbocycles. The van der Waals surface area contributed by atoms with Gasteiger partial charge in [0.2, 0.25) is 0 Å². The summed E-state index contributed by atoms with van der Waals surface area (Å²) in [6.45, 7) is 4.10. The lowest BCUT2D eigenvalue weighted by molar-refractivity contribution is 0.0938. The lowest BCUT2D eigenvalue weighted by atomic mass is 9.87. The summed E-state index contributed by atoms with van der Waals surface area (Å²) in [4.78, 5) is 25.6. The van der Waals surface area contributed by atoms with Crippen LogP contribution in [0.25, 0.3) is 10.3 Å². The number of anilines is 2. The Bertz CT molecular complexity index is 1190. The van der Waals surface area contributed by atoms with E-state index in [1.807, 2.05) is 6.92 Å². The second-order valence-electron chi connectivity index (χ2n) is 9.42. The van der Waals surface area contributed by atoms with Gasteiger partial charge in [-0.2, -0.15) is 0 Å². The van der Waals surface area contributed by atoms with E-state index in [-0.39, 0.29) is 11.9 Å². The summed E-state index contributed by atoms with van der Waals surface area (Å²) in [6.07, 6.45) is 7.05. The molecule has 3 aromatic rings. The SMILES string of the molecule is Cc1cnc2c(N)c(C(=O)N[C@@H]3CCc4cc(N5CC6CCC(C5)N6)ccc4C3)sc2n1. The number of hydrogen-bond acceptors (Lipinski definition) is 7. The molecule has 0 spiro atoms. The van der Waals surface area contributed by atoms with Gasteiger partial charge in [-0.1, -0.05) is 6.07 Å². The molecule has 2 unspecified atom stereocenters. The van der Waals surface area contributed by atoms with Crippen LogP contribution >= 0.6 is 11.3 Å². The second-order valence-corrected chi connectivity index (χ2v) is 10.4. The Balaban J connectivity index is 1.16. The van der Waals surface area contributed by atoms with E-state index in [9.17, 15) is 4.79 Å². The zero-order valence-corrected chi connectivity index (χ0v) is 19.0. The predicted molar refractivity (Wildman–Crippen MR) is 128 cm³/mol. The number of carbonyl (C=O) groups is 1. The van der Waals surface area contributed by atoms with Gasteiger partial charge in [-0.15, -0.1) is 11.3 Å². The third-order valence-electron chi connectivity index (χ3n) is 7.10. The first-order chi connectivity index (χ1) is 15.5. The van der Waals surface area contributed by atoms with E-state index in [2.05, 4.69) is 43.7 Å². The van der Waals surface area contributed by atoms with Crippen LogP contribution in [0, 0.1) is 6.92 Å². The van der Waals surface area contributed by atoms with Crippen molar-refractivity contribution in [3.63, 3.8) is 0 Å². The maximum Gasteiger partial charge on any atom is 0.263 e. The van der Waals surface area contributed by atoms with Crippen LogP contribution in [0.1, 0.15) is 45.8 Å². The minimum absolute atomic E-state index is 0.114. The fourth-order valence-electron chi connectivity index (χ4n) is 5.46. The summed E-state index contributed by atoms with van der Waals surface area (Å²) in [7, 11) is 0. The van der Waals surface area contributed by atoms with Crippen molar-refractivity contribution in [3.05, 3.63) is 46.1 Å². The van der Waals surface area contributed by atoms with Crippen LogP contribution < -0.4 is 21.3 Å². The number of carbonyl (C=O) groups excluding carboxylic acids is 1. The first kappa shape index (κ1) is 19.9. The standard InChI is InChI=1S/C24H28N6OS/c1-13-10-26-21-20(25)22(32-24(21)27-13)23(31)29-16-4-2-15-9-19(7-3-14(15)8-16)30-11-17-5-6-18(12-30)28-17/h3,7,9-10,16-18,28H,2,4-6,8,11-12,25H2,1H3,(H,29,31)/t16-,17?,18?/m1/s1. The lowest BCUT2D eigenvalue weighted by Gasteiger charge is -2.35. The summed E-state index contributed by atoms with van der Waals surface area (Å²) >= 11 is 1.32. The number of hydrogen-bond donors (Lipinski definition) is 3. The van der Waals surface area contributed by atoms with E-state index in [1.165, 1.54) is 41.0 Å². The number of aromatic nitrogens is 2. The van der Waals surface area contributed by atoms with Gasteiger partial charge in [-0.3, -0.25) is 4.79 Å². The Morgan fingerprint density at radius 1 is 1.22 bits per heavy atom. The number of benzene rings is 1. The van der Waals surface area contributed by atoms with Crippen molar-refractivity contribution in [1.82, 2.24) is 20.6 Å². The minimum atomic E-state index is -0.119. The highest BCUT2D eigenvalue weighted by atomic mass is 32.1. The monoisotopic (exact) mass is 448 g/mol. The van der Waals surface area contributed by atoms with Crippen molar-refractivity contribution in [2.24, 2.45) is 0 Å². The number of nitrogens with zero attached hydrogens (tertiary/aromatic N) is 3. The van der Waals surface area contributed by atoms with Gasteiger partial charge in [0.25, 0.3) is 5.91 Å². The zero-order chi connectivity index (χ0) is 21.8. The smallest absolute Gasteiger partial charge is 0.263 e. The highest BCUT2D eigenvalue weighted by Crippen LogP contribution is 2.32. The average Bonchev–Trinajstić information content (AvgIpc) is 3.30. The van der Waals surface area contributed by atoms with E-state index >= 15 is 0 Å². The van der Waals surface area contributed by atoms with Gasteiger partial charge in [-0.25, -0.2) is 9.97 Å². The first-order valence-electron chi connectivity index (χ1n) is 11.5. The molecule has 2 aromatic heterocycles. The third-order valence-corrected chi connectivity index (χ3v) is 8.19. The number of nitrogen functional groups attached to an aromatic ring is 1. The summed E-state index contributed by atoms with van der Waals surface area (Å²) < 4.78 is 0. The van der Waals surface area contributed by atoms with E-state index in [4.69, 9.17) is 5.73 Å². The second kappa shape index (κ2) is 7.71. The molecule has 2 aliphatic heterocycles. The van der Waals surface area contributed by atoms with Crippen molar-refractivity contribution in [2.45, 2.75) is 57.2 Å². The number of rotatable bonds is 3. The lowest BCUT2D eigenvalue weighted by Crippen LogP contribution is -2.51. The van der Waals surface area contributed by atoms with Crippen LogP contribution in [-0.4, -0.2) is 47.1 Å². The highest BCUT2D eigenvalue weighted by Gasteiger charge is 2.32. The quantitative estimate of drug-likeness (QED) is 0.570. The fourth-order valence-corrected chi connectivity index (χ4v) is 6.46. The van der Waals surface area contributed by atoms with Crippen molar-refractivity contribution < 1.29 is 4.79 Å². The van der Waals surface area contributed by atoms with Crippen molar-refractivity contribution in [3.8, 4) is 0 Å². The zero-order valence-electron chi connectivity index (χ0n) is 18.2. The number of piperazine rings is 1. The number of nitrogens with one attached hydrogen (secondary N) is 2. The molecule has 4 heterocycles. The molecule has 3 aliphatic rings. The number of thiophene rings is 1. The van der Waals surface area contributed by atoms with Gasteiger partial charge < -0.3 is 21.3 Å². The van der Waals surface area contributed by atoms with Crippen LogP contribution in [0.4, 0.5) is 11.4 Å². The topological polar surface area (TPSA) is 96.2 Å². The Morgan fingerprint density at radius 2 is 2.03 bits per heavy atom. The van der Waals surface area contributed by atoms with Crippen molar-refractivity contribution in [2.75, 3.05) is 23.7 Å². The summed E-state index contributed by atoms with van der Waals surface area (Å²) in [5, 5.41) is 6.91. The molecule has 1 aromatic carbocycles. The Morgan fingerprint density at radius 3 is 2.84 bits per heavy atom. The van der Waals surface area contributed by atoms with Gasteiger partial charge in [0, 0.05) is 43.1 Å². The molecular formula is C24H28N6OS. The molecule has 6 rings (SSSR count). The van der Waals surface area contributed by atoms with E-state index < -0.39 is 0 Å². The first-order valence-corrected chi connectivity index (χ1v) is 12.3. The van der Waals surface area contributed by atoms with E-state index in [0.29, 0.717) is 28.2 Å². The minimum Gasteiger partial charge on any atom is -0.396 e. The number of fused-ring (bicyclic) bond motifs is 4. The number of amides is 1. The molecule has 2 bridgehead atoms. The number of aryl methyl sites for hydroxylation is 2. The maximum atomic E-state index is 13.0. The molecule has 1 aliphatic carbocycles. The van der Waals surface area contributed by atoms with Gasteiger partial charge in [0.1, 0.15) is 15.2 Å². The molecule has 2 fully saturated rings. The maximum absolute atomic E-state index is 13.0. The van der Waals surface area contributed by atoms with Gasteiger partial charge in [-0.05, 0) is 62.3 Å². The van der Waals surface area contributed by atoms with Crippen molar-refractivity contribution >= 4 is 39.0 Å². The van der Waals surface area contributed by atoms with Crippen LogP contribution in [0.2, 0.25) is 0 Å². The molecule has 0 radical (unpaired) electrons. The molecular weight excluding hydrogens is 420 g/mol. The largest absolute Gasteiger partial charge is 0.396 e. The van der Waals surface area contributed by atoms with Crippen LogP contribution in [0.15, 0.2) is 24.4 Å².